The molecule has 0 aliphatic carbocycles. The molecule has 5 heteroatoms. The van der Waals surface area contributed by atoms with Gasteiger partial charge in [-0.15, -0.1) is 10.2 Å². The molecule has 0 radical (unpaired) electrons. The second-order valence-corrected chi connectivity index (χ2v) is 6.44. The number of hydrogen-bond donors (Lipinski definition) is 0. The highest BCUT2D eigenvalue weighted by atomic mass is 16.2. The van der Waals surface area contributed by atoms with Crippen molar-refractivity contribution >= 4 is 11.6 Å². The van der Waals surface area contributed by atoms with Crippen molar-refractivity contribution in [2.75, 3.05) is 6.54 Å². The minimum absolute atomic E-state index is 0.0171. The lowest BCUT2D eigenvalue weighted by atomic mass is 10.1. The average Bonchev–Trinajstić information content (AvgIpc) is 3.22. The number of pyridine rings is 1. The van der Waals surface area contributed by atoms with E-state index < -0.39 is 0 Å². The molecule has 3 aromatic rings. The van der Waals surface area contributed by atoms with Crippen molar-refractivity contribution in [3.63, 3.8) is 0 Å². The molecule has 1 aliphatic rings. The standard InChI is InChI=1S/C19H20N4O/c1-13-8-9-15(12-14(13)2)19(24)22-11-5-6-16(22)18-21-20-17-7-3-4-10-23(17)18/h3-4,7-10,12,16H,5-6,11H2,1-2H3/t16-/m0/s1. The third-order valence-corrected chi connectivity index (χ3v) is 4.91. The normalized spacial score (nSPS) is 17.6. The summed E-state index contributed by atoms with van der Waals surface area (Å²) in [6, 6.07) is 11.7. The van der Waals surface area contributed by atoms with Crippen LogP contribution in [-0.2, 0) is 0 Å². The molecule has 1 saturated heterocycles. The third-order valence-electron chi connectivity index (χ3n) is 4.91. The number of benzene rings is 1. The van der Waals surface area contributed by atoms with E-state index in [2.05, 4.69) is 17.1 Å². The average molecular weight is 320 g/mol. The molecule has 0 N–H and O–H groups in total. The first kappa shape index (κ1) is 14.9. The molecule has 1 aromatic carbocycles. The molecule has 1 atom stereocenters. The van der Waals surface area contributed by atoms with Crippen molar-refractivity contribution in [3.05, 3.63) is 65.1 Å². The van der Waals surface area contributed by atoms with Crippen LogP contribution in [0.4, 0.5) is 0 Å². The highest BCUT2D eigenvalue weighted by molar-refractivity contribution is 5.95. The van der Waals surface area contributed by atoms with Gasteiger partial charge in [0.1, 0.15) is 0 Å². The highest BCUT2D eigenvalue weighted by Gasteiger charge is 2.33. The Hall–Kier alpha value is -2.69. The van der Waals surface area contributed by atoms with Gasteiger partial charge in [-0.2, -0.15) is 0 Å². The van der Waals surface area contributed by atoms with Crippen LogP contribution in [0, 0.1) is 13.8 Å². The molecule has 5 nitrogen and oxygen atoms in total. The lowest BCUT2D eigenvalue weighted by molar-refractivity contribution is 0.0729. The fraction of sp³-hybridized carbons (Fsp3) is 0.316. The predicted molar refractivity (Wildman–Crippen MR) is 91.9 cm³/mol. The Morgan fingerprint density at radius 2 is 2.00 bits per heavy atom. The van der Waals surface area contributed by atoms with Crippen LogP contribution in [0.25, 0.3) is 5.65 Å². The van der Waals surface area contributed by atoms with E-state index in [1.54, 1.807) is 0 Å². The minimum Gasteiger partial charge on any atom is -0.328 e. The zero-order valence-corrected chi connectivity index (χ0v) is 13.9. The van der Waals surface area contributed by atoms with E-state index in [0.29, 0.717) is 0 Å². The predicted octanol–water partition coefficient (Wildman–Crippen LogP) is 3.32. The van der Waals surface area contributed by atoms with Crippen molar-refractivity contribution in [1.82, 2.24) is 19.5 Å². The van der Waals surface area contributed by atoms with Crippen LogP contribution in [0.15, 0.2) is 42.6 Å². The zero-order valence-electron chi connectivity index (χ0n) is 13.9. The van der Waals surface area contributed by atoms with Crippen molar-refractivity contribution in [2.24, 2.45) is 0 Å². The molecule has 1 aliphatic heterocycles. The van der Waals surface area contributed by atoms with Gasteiger partial charge in [-0.3, -0.25) is 9.20 Å². The number of carbonyl (C=O) groups is 1. The van der Waals surface area contributed by atoms with Gasteiger partial charge in [-0.05, 0) is 62.1 Å². The van der Waals surface area contributed by atoms with Gasteiger partial charge in [0.15, 0.2) is 11.5 Å². The first-order chi connectivity index (χ1) is 11.6. The summed E-state index contributed by atoms with van der Waals surface area (Å²) in [5, 5.41) is 8.58. The summed E-state index contributed by atoms with van der Waals surface area (Å²) in [6.45, 7) is 4.86. The highest BCUT2D eigenvalue weighted by Crippen LogP contribution is 2.32. The number of rotatable bonds is 2. The molecule has 122 valence electrons. The maximum absolute atomic E-state index is 13.0. The summed E-state index contributed by atoms with van der Waals surface area (Å²) in [4.78, 5) is 15.0. The topological polar surface area (TPSA) is 50.5 Å². The van der Waals surface area contributed by atoms with Gasteiger partial charge in [-0.25, -0.2) is 0 Å². The fourth-order valence-corrected chi connectivity index (χ4v) is 3.41. The lowest BCUT2D eigenvalue weighted by Gasteiger charge is -2.24. The Balaban J connectivity index is 1.69. The molecule has 0 spiro atoms. The van der Waals surface area contributed by atoms with Crippen LogP contribution in [0.3, 0.4) is 0 Å². The fourth-order valence-electron chi connectivity index (χ4n) is 3.41. The Morgan fingerprint density at radius 3 is 2.83 bits per heavy atom. The van der Waals surface area contributed by atoms with Gasteiger partial charge in [0.05, 0.1) is 6.04 Å². The summed E-state index contributed by atoms with van der Waals surface area (Å²) >= 11 is 0. The van der Waals surface area contributed by atoms with Crippen LogP contribution in [0.1, 0.15) is 46.2 Å². The number of aromatic nitrogens is 3. The zero-order chi connectivity index (χ0) is 16.7. The Bertz CT molecular complexity index is 915. The maximum atomic E-state index is 13.0. The Morgan fingerprint density at radius 1 is 1.12 bits per heavy atom. The largest absolute Gasteiger partial charge is 0.328 e. The molecule has 0 unspecified atom stereocenters. The molecule has 0 bridgehead atoms. The summed E-state index contributed by atoms with van der Waals surface area (Å²) < 4.78 is 1.98. The van der Waals surface area contributed by atoms with Gasteiger partial charge in [-0.1, -0.05) is 12.1 Å². The smallest absolute Gasteiger partial charge is 0.254 e. The van der Waals surface area contributed by atoms with Crippen LogP contribution in [-0.4, -0.2) is 31.9 Å². The van der Waals surface area contributed by atoms with Crippen molar-refractivity contribution in [1.29, 1.82) is 0 Å². The molecule has 24 heavy (non-hydrogen) atoms. The maximum Gasteiger partial charge on any atom is 0.254 e. The Kier molecular flexibility index (Phi) is 3.56. The molecule has 2 aromatic heterocycles. The second-order valence-electron chi connectivity index (χ2n) is 6.44. The van der Waals surface area contributed by atoms with E-state index in [-0.39, 0.29) is 11.9 Å². The van der Waals surface area contributed by atoms with Crippen molar-refractivity contribution in [2.45, 2.75) is 32.7 Å². The number of nitrogens with zero attached hydrogens (tertiary/aromatic N) is 4. The molecule has 4 rings (SSSR count). The first-order valence-electron chi connectivity index (χ1n) is 8.33. The molecular formula is C19H20N4O. The van der Waals surface area contributed by atoms with Crippen LogP contribution >= 0.6 is 0 Å². The van der Waals surface area contributed by atoms with Gasteiger partial charge in [0.25, 0.3) is 5.91 Å². The monoisotopic (exact) mass is 320 g/mol. The van der Waals surface area contributed by atoms with E-state index in [1.165, 1.54) is 5.56 Å². The summed E-state index contributed by atoms with van der Waals surface area (Å²) in [5.74, 6) is 0.925. The van der Waals surface area contributed by atoms with E-state index in [1.807, 2.05) is 58.8 Å². The number of likely N-dealkylation sites (tertiary alicyclic amines) is 1. The molecular weight excluding hydrogens is 300 g/mol. The van der Waals surface area contributed by atoms with Crippen LogP contribution < -0.4 is 0 Å². The quantitative estimate of drug-likeness (QED) is 0.728. The molecule has 1 fully saturated rings. The summed E-state index contributed by atoms with van der Waals surface area (Å²) in [6.07, 6.45) is 3.87. The summed E-state index contributed by atoms with van der Waals surface area (Å²) in [7, 11) is 0. The summed E-state index contributed by atoms with van der Waals surface area (Å²) in [5.41, 5.74) is 3.91. The molecule has 3 heterocycles. The minimum atomic E-state index is -0.0171. The number of fused-ring (bicyclic) bond motifs is 1. The van der Waals surface area contributed by atoms with Crippen molar-refractivity contribution in [3.8, 4) is 0 Å². The van der Waals surface area contributed by atoms with E-state index in [9.17, 15) is 4.79 Å². The van der Waals surface area contributed by atoms with E-state index >= 15 is 0 Å². The Labute approximate surface area is 140 Å². The van der Waals surface area contributed by atoms with E-state index in [0.717, 1.165) is 42.0 Å². The molecule has 1 amide bonds. The second kappa shape index (κ2) is 5.74. The van der Waals surface area contributed by atoms with Crippen LogP contribution in [0.2, 0.25) is 0 Å². The first-order valence-corrected chi connectivity index (χ1v) is 8.33. The lowest BCUT2D eigenvalue weighted by Crippen LogP contribution is -2.31. The van der Waals surface area contributed by atoms with Crippen LogP contribution in [0.5, 0.6) is 0 Å². The molecule has 0 saturated carbocycles. The third kappa shape index (κ3) is 2.37. The number of amides is 1. The van der Waals surface area contributed by atoms with Gasteiger partial charge in [0.2, 0.25) is 0 Å². The van der Waals surface area contributed by atoms with Gasteiger partial charge < -0.3 is 4.90 Å². The number of hydrogen-bond acceptors (Lipinski definition) is 3. The van der Waals surface area contributed by atoms with Gasteiger partial charge >= 0.3 is 0 Å². The number of carbonyl (C=O) groups excluding carboxylic acids is 1. The SMILES string of the molecule is Cc1ccc(C(=O)N2CCC[C@H]2c2nnc3ccccn23)cc1C. The van der Waals surface area contributed by atoms with Crippen molar-refractivity contribution < 1.29 is 4.79 Å². The number of aryl methyl sites for hydroxylation is 2. The van der Waals surface area contributed by atoms with Gasteiger partial charge in [0, 0.05) is 18.3 Å². The van der Waals surface area contributed by atoms with E-state index in [4.69, 9.17) is 0 Å².